The molecule has 0 N–H and O–H groups in total. The summed E-state index contributed by atoms with van der Waals surface area (Å²) in [6.45, 7) is 2.61. The van der Waals surface area contributed by atoms with E-state index in [1.165, 1.54) is 0 Å². The SMILES string of the molecule is CCCOC(=O)CCCOC(=O)c1cc(I)cc(I)c1I. The van der Waals surface area contributed by atoms with Gasteiger partial charge in [0.1, 0.15) is 0 Å². The lowest BCUT2D eigenvalue weighted by atomic mass is 10.2. The summed E-state index contributed by atoms with van der Waals surface area (Å²) in [6.07, 6.45) is 1.56. The zero-order chi connectivity index (χ0) is 15.8. The van der Waals surface area contributed by atoms with Crippen molar-refractivity contribution >= 4 is 79.7 Å². The lowest BCUT2D eigenvalue weighted by Crippen LogP contribution is -2.11. The summed E-state index contributed by atoms with van der Waals surface area (Å²) in [4.78, 5) is 23.3. The summed E-state index contributed by atoms with van der Waals surface area (Å²) in [6, 6.07) is 3.81. The Kier molecular flexibility index (Phi) is 9.41. The highest BCUT2D eigenvalue weighted by Gasteiger charge is 2.15. The van der Waals surface area contributed by atoms with Gasteiger partial charge in [0.05, 0.1) is 18.8 Å². The Balaban J connectivity index is 2.43. The number of hydrogen-bond acceptors (Lipinski definition) is 4. The average molecular weight is 628 g/mol. The van der Waals surface area contributed by atoms with Gasteiger partial charge in [-0.1, -0.05) is 6.92 Å². The van der Waals surface area contributed by atoms with Crippen LogP contribution >= 0.6 is 67.8 Å². The van der Waals surface area contributed by atoms with Crippen molar-refractivity contribution in [2.45, 2.75) is 26.2 Å². The van der Waals surface area contributed by atoms with Gasteiger partial charge in [-0.3, -0.25) is 4.79 Å². The molecule has 0 aliphatic rings. The van der Waals surface area contributed by atoms with Crippen LogP contribution in [0.25, 0.3) is 0 Å². The molecular formula is C14H15I3O4. The molecule has 0 radical (unpaired) electrons. The number of halogens is 3. The highest BCUT2D eigenvalue weighted by Crippen LogP contribution is 2.23. The molecular weight excluding hydrogens is 613 g/mol. The third kappa shape index (κ3) is 6.97. The minimum atomic E-state index is -0.349. The summed E-state index contributed by atoms with van der Waals surface area (Å²) in [5.74, 6) is -0.593. The van der Waals surface area contributed by atoms with Crippen molar-refractivity contribution in [1.29, 1.82) is 0 Å². The number of carbonyl (C=O) groups excluding carboxylic acids is 2. The molecule has 4 nitrogen and oxygen atoms in total. The topological polar surface area (TPSA) is 52.6 Å². The molecule has 21 heavy (non-hydrogen) atoms. The third-order valence-electron chi connectivity index (χ3n) is 2.44. The molecule has 0 aliphatic heterocycles. The summed E-state index contributed by atoms with van der Waals surface area (Å²) in [5.41, 5.74) is 0.570. The zero-order valence-electron chi connectivity index (χ0n) is 11.5. The van der Waals surface area contributed by atoms with Crippen LogP contribution in [0.5, 0.6) is 0 Å². The monoisotopic (exact) mass is 628 g/mol. The summed E-state index contributed by atoms with van der Waals surface area (Å²) in [5, 5.41) is 0. The molecule has 0 unspecified atom stereocenters. The van der Waals surface area contributed by atoms with Gasteiger partial charge < -0.3 is 9.47 Å². The van der Waals surface area contributed by atoms with Crippen LogP contribution in [-0.2, 0) is 14.3 Å². The van der Waals surface area contributed by atoms with E-state index in [-0.39, 0.29) is 25.0 Å². The molecule has 0 aliphatic carbocycles. The van der Waals surface area contributed by atoms with E-state index in [1.807, 2.05) is 19.1 Å². The van der Waals surface area contributed by atoms with Gasteiger partial charge in [0.2, 0.25) is 0 Å². The fourth-order valence-corrected chi connectivity index (χ4v) is 3.83. The first-order valence-electron chi connectivity index (χ1n) is 6.43. The summed E-state index contributed by atoms with van der Waals surface area (Å²) in [7, 11) is 0. The van der Waals surface area contributed by atoms with Crippen molar-refractivity contribution in [2.24, 2.45) is 0 Å². The summed E-state index contributed by atoms with van der Waals surface area (Å²) >= 11 is 6.50. The molecule has 116 valence electrons. The van der Waals surface area contributed by atoms with E-state index in [9.17, 15) is 9.59 Å². The normalized spacial score (nSPS) is 10.3. The van der Waals surface area contributed by atoms with Crippen molar-refractivity contribution in [3.63, 3.8) is 0 Å². The van der Waals surface area contributed by atoms with Crippen molar-refractivity contribution in [3.8, 4) is 0 Å². The second kappa shape index (κ2) is 10.2. The minimum absolute atomic E-state index is 0.220. The lowest BCUT2D eigenvalue weighted by Gasteiger charge is -2.08. The van der Waals surface area contributed by atoms with Crippen LogP contribution in [0.3, 0.4) is 0 Å². The smallest absolute Gasteiger partial charge is 0.339 e. The van der Waals surface area contributed by atoms with E-state index in [0.29, 0.717) is 18.6 Å². The predicted molar refractivity (Wildman–Crippen MR) is 105 cm³/mol. The van der Waals surface area contributed by atoms with Gasteiger partial charge in [0.15, 0.2) is 0 Å². The van der Waals surface area contributed by atoms with E-state index < -0.39 is 0 Å². The van der Waals surface area contributed by atoms with Crippen LogP contribution in [0, 0.1) is 10.7 Å². The maximum Gasteiger partial charge on any atom is 0.339 e. The Morgan fingerprint density at radius 3 is 2.48 bits per heavy atom. The van der Waals surface area contributed by atoms with Crippen LogP contribution < -0.4 is 0 Å². The van der Waals surface area contributed by atoms with Gasteiger partial charge in [-0.05, 0) is 92.7 Å². The number of esters is 2. The summed E-state index contributed by atoms with van der Waals surface area (Å²) < 4.78 is 13.1. The van der Waals surface area contributed by atoms with Gasteiger partial charge >= 0.3 is 11.9 Å². The van der Waals surface area contributed by atoms with Gasteiger partial charge in [0, 0.05) is 17.1 Å². The molecule has 0 atom stereocenters. The van der Waals surface area contributed by atoms with Crippen LogP contribution in [0.4, 0.5) is 0 Å². The Labute approximate surface area is 165 Å². The second-order valence-corrected chi connectivity index (χ2v) is 7.70. The number of rotatable bonds is 7. The number of ether oxygens (including phenoxy) is 2. The molecule has 0 spiro atoms. The highest BCUT2D eigenvalue weighted by atomic mass is 127. The third-order valence-corrected chi connectivity index (χ3v) is 6.11. The first-order valence-corrected chi connectivity index (χ1v) is 9.66. The highest BCUT2D eigenvalue weighted by molar-refractivity contribution is 14.1. The molecule has 1 aromatic carbocycles. The van der Waals surface area contributed by atoms with Gasteiger partial charge in [0.25, 0.3) is 0 Å². The van der Waals surface area contributed by atoms with Gasteiger partial charge in [-0.2, -0.15) is 0 Å². The van der Waals surface area contributed by atoms with Crippen molar-refractivity contribution in [1.82, 2.24) is 0 Å². The fourth-order valence-electron chi connectivity index (χ4n) is 1.45. The average Bonchev–Trinajstić information content (AvgIpc) is 2.44. The standard InChI is InChI=1S/C14H15I3O4/c1-2-5-20-12(18)4-3-6-21-14(19)10-7-9(15)8-11(16)13(10)17/h7-8H,2-6H2,1H3. The number of carbonyl (C=O) groups is 2. The molecule has 7 heteroatoms. The molecule has 0 aromatic heterocycles. The van der Waals surface area contributed by atoms with Gasteiger partial charge in [-0.25, -0.2) is 4.79 Å². The molecule has 0 amide bonds. The van der Waals surface area contributed by atoms with E-state index in [0.717, 1.165) is 17.1 Å². The van der Waals surface area contributed by atoms with E-state index in [4.69, 9.17) is 9.47 Å². The van der Waals surface area contributed by atoms with Crippen LogP contribution in [0.2, 0.25) is 0 Å². The van der Waals surface area contributed by atoms with Crippen LogP contribution in [0.15, 0.2) is 12.1 Å². The maximum atomic E-state index is 12.0. The first kappa shape index (κ1) is 19.4. The number of hydrogen-bond donors (Lipinski definition) is 0. The van der Waals surface area contributed by atoms with Crippen LogP contribution in [0.1, 0.15) is 36.5 Å². The molecule has 1 aromatic rings. The molecule has 0 saturated heterocycles. The lowest BCUT2D eigenvalue weighted by molar-refractivity contribution is -0.143. The maximum absolute atomic E-state index is 12.0. The Bertz CT molecular complexity index is 517. The van der Waals surface area contributed by atoms with E-state index >= 15 is 0 Å². The quantitative estimate of drug-likeness (QED) is 0.195. The number of benzene rings is 1. The molecule has 0 saturated carbocycles. The van der Waals surface area contributed by atoms with Gasteiger partial charge in [-0.15, -0.1) is 0 Å². The predicted octanol–water partition coefficient (Wildman–Crippen LogP) is 4.39. The van der Waals surface area contributed by atoms with Crippen molar-refractivity contribution in [3.05, 3.63) is 28.4 Å². The largest absolute Gasteiger partial charge is 0.466 e. The first-order chi connectivity index (χ1) is 9.95. The molecule has 0 fully saturated rings. The second-order valence-electron chi connectivity index (χ2n) is 4.21. The zero-order valence-corrected chi connectivity index (χ0v) is 17.9. The molecule has 0 heterocycles. The van der Waals surface area contributed by atoms with Crippen LogP contribution in [-0.4, -0.2) is 25.2 Å². The fraction of sp³-hybridized carbons (Fsp3) is 0.429. The molecule has 1 rings (SSSR count). The Hall–Kier alpha value is 0.350. The van der Waals surface area contributed by atoms with E-state index in [2.05, 4.69) is 67.8 Å². The Morgan fingerprint density at radius 2 is 1.81 bits per heavy atom. The Morgan fingerprint density at radius 1 is 1.10 bits per heavy atom. The minimum Gasteiger partial charge on any atom is -0.466 e. The van der Waals surface area contributed by atoms with E-state index in [1.54, 1.807) is 0 Å². The van der Waals surface area contributed by atoms with Crippen molar-refractivity contribution < 1.29 is 19.1 Å². The molecule has 0 bridgehead atoms. The van der Waals surface area contributed by atoms with Crippen molar-refractivity contribution in [2.75, 3.05) is 13.2 Å².